The van der Waals surface area contributed by atoms with E-state index in [9.17, 15) is 5.11 Å². The van der Waals surface area contributed by atoms with E-state index >= 15 is 0 Å². The predicted octanol–water partition coefficient (Wildman–Crippen LogP) is 3.71. The minimum absolute atomic E-state index is 0.472. The molecular weight excluding hydrogens is 270 g/mol. The number of fused-ring (bicyclic) bond motifs is 1. The van der Waals surface area contributed by atoms with E-state index in [4.69, 9.17) is 0 Å². The standard InChI is InChI=1S/C20H21NO/c22-20(15-21-13-12-16-6-2-1-3-7-16)19-11-10-17-8-4-5-9-18(17)14-19/h1-11,14,20-22H,12-13,15H2/t20-/m0/s1. The van der Waals surface area contributed by atoms with Gasteiger partial charge in [-0.15, -0.1) is 0 Å². The highest BCUT2D eigenvalue weighted by Gasteiger charge is 2.07. The molecule has 2 N–H and O–H groups in total. The Morgan fingerprint density at radius 1 is 0.818 bits per heavy atom. The maximum absolute atomic E-state index is 10.3. The summed E-state index contributed by atoms with van der Waals surface area (Å²) in [6, 6.07) is 24.8. The smallest absolute Gasteiger partial charge is 0.0914 e. The van der Waals surface area contributed by atoms with Crippen LogP contribution < -0.4 is 5.32 Å². The van der Waals surface area contributed by atoms with Crippen LogP contribution in [-0.4, -0.2) is 18.2 Å². The Morgan fingerprint density at radius 3 is 2.36 bits per heavy atom. The summed E-state index contributed by atoms with van der Waals surface area (Å²) in [5, 5.41) is 16.0. The van der Waals surface area contributed by atoms with E-state index in [2.05, 4.69) is 53.8 Å². The third kappa shape index (κ3) is 3.73. The highest BCUT2D eigenvalue weighted by molar-refractivity contribution is 5.83. The van der Waals surface area contributed by atoms with Crippen LogP contribution in [0, 0.1) is 0 Å². The van der Waals surface area contributed by atoms with Crippen LogP contribution in [-0.2, 0) is 6.42 Å². The van der Waals surface area contributed by atoms with Crippen LogP contribution in [0.5, 0.6) is 0 Å². The topological polar surface area (TPSA) is 32.3 Å². The van der Waals surface area contributed by atoms with E-state index in [0.717, 1.165) is 18.5 Å². The Kier molecular flexibility index (Phi) is 4.84. The fourth-order valence-corrected chi connectivity index (χ4v) is 2.65. The van der Waals surface area contributed by atoms with Gasteiger partial charge in [0.1, 0.15) is 0 Å². The highest BCUT2D eigenvalue weighted by atomic mass is 16.3. The number of aliphatic hydroxyl groups is 1. The first-order valence-electron chi connectivity index (χ1n) is 7.74. The van der Waals surface area contributed by atoms with Crippen LogP contribution >= 0.6 is 0 Å². The van der Waals surface area contributed by atoms with Crippen LogP contribution in [0.1, 0.15) is 17.2 Å². The van der Waals surface area contributed by atoms with Gasteiger partial charge >= 0.3 is 0 Å². The SMILES string of the molecule is O[C@@H](CNCCc1ccccc1)c1ccc2ccccc2c1. The molecule has 0 heterocycles. The van der Waals surface area contributed by atoms with E-state index in [-0.39, 0.29) is 0 Å². The van der Waals surface area contributed by atoms with E-state index in [1.165, 1.54) is 16.3 Å². The monoisotopic (exact) mass is 291 g/mol. The lowest BCUT2D eigenvalue weighted by molar-refractivity contribution is 0.175. The molecule has 112 valence electrons. The molecule has 0 saturated carbocycles. The lowest BCUT2D eigenvalue weighted by Crippen LogP contribution is -2.23. The molecule has 2 nitrogen and oxygen atoms in total. The third-order valence-corrected chi connectivity index (χ3v) is 3.93. The summed E-state index contributed by atoms with van der Waals surface area (Å²) in [5.74, 6) is 0. The second kappa shape index (κ2) is 7.21. The van der Waals surface area contributed by atoms with Gasteiger partial charge in [0.15, 0.2) is 0 Å². The molecule has 0 aliphatic carbocycles. The van der Waals surface area contributed by atoms with Crippen molar-refractivity contribution in [3.8, 4) is 0 Å². The lowest BCUT2D eigenvalue weighted by atomic mass is 10.0. The molecule has 0 fully saturated rings. The lowest BCUT2D eigenvalue weighted by Gasteiger charge is -2.13. The molecule has 0 aliphatic heterocycles. The van der Waals surface area contributed by atoms with Gasteiger partial charge in [0.25, 0.3) is 0 Å². The average Bonchev–Trinajstić information content (AvgIpc) is 2.59. The molecule has 2 heteroatoms. The summed E-state index contributed by atoms with van der Waals surface area (Å²) in [6.07, 6.45) is 0.506. The molecule has 0 amide bonds. The van der Waals surface area contributed by atoms with Crippen LogP contribution in [0.2, 0.25) is 0 Å². The molecule has 0 saturated heterocycles. The van der Waals surface area contributed by atoms with Gasteiger partial charge in [-0.25, -0.2) is 0 Å². The van der Waals surface area contributed by atoms with Crippen molar-refractivity contribution in [2.24, 2.45) is 0 Å². The van der Waals surface area contributed by atoms with Gasteiger partial charge in [-0.2, -0.15) is 0 Å². The van der Waals surface area contributed by atoms with Crippen molar-refractivity contribution in [1.82, 2.24) is 5.32 Å². The Labute approximate surface area is 131 Å². The first kappa shape index (κ1) is 14.8. The number of benzene rings is 3. The van der Waals surface area contributed by atoms with Gasteiger partial charge in [0, 0.05) is 6.54 Å². The van der Waals surface area contributed by atoms with E-state index in [1.807, 2.05) is 24.3 Å². The first-order chi connectivity index (χ1) is 10.8. The van der Waals surface area contributed by atoms with Crippen LogP contribution in [0.15, 0.2) is 72.8 Å². The molecule has 0 aromatic heterocycles. The van der Waals surface area contributed by atoms with E-state index < -0.39 is 6.10 Å². The maximum atomic E-state index is 10.3. The molecule has 0 aliphatic rings. The zero-order valence-corrected chi connectivity index (χ0v) is 12.6. The summed E-state index contributed by atoms with van der Waals surface area (Å²) in [5.41, 5.74) is 2.28. The van der Waals surface area contributed by atoms with E-state index in [0.29, 0.717) is 6.54 Å². The molecule has 0 spiro atoms. The Hall–Kier alpha value is -2.16. The molecule has 0 unspecified atom stereocenters. The Balaban J connectivity index is 1.53. The van der Waals surface area contributed by atoms with E-state index in [1.54, 1.807) is 0 Å². The van der Waals surface area contributed by atoms with Crippen molar-refractivity contribution in [2.45, 2.75) is 12.5 Å². The largest absolute Gasteiger partial charge is 0.387 e. The highest BCUT2D eigenvalue weighted by Crippen LogP contribution is 2.20. The van der Waals surface area contributed by atoms with Gasteiger partial charge in [0.05, 0.1) is 6.10 Å². The van der Waals surface area contributed by atoms with Crippen molar-refractivity contribution < 1.29 is 5.11 Å². The molecule has 1 atom stereocenters. The molecule has 0 radical (unpaired) electrons. The number of aliphatic hydroxyl groups excluding tert-OH is 1. The second-order valence-electron chi connectivity index (χ2n) is 5.56. The van der Waals surface area contributed by atoms with Gasteiger partial charge in [-0.1, -0.05) is 66.7 Å². The zero-order chi connectivity index (χ0) is 15.2. The predicted molar refractivity (Wildman–Crippen MR) is 91.9 cm³/mol. The molecule has 3 rings (SSSR count). The zero-order valence-electron chi connectivity index (χ0n) is 12.6. The summed E-state index contributed by atoms with van der Waals surface area (Å²) in [7, 11) is 0. The van der Waals surface area contributed by atoms with Crippen LogP contribution in [0.3, 0.4) is 0 Å². The van der Waals surface area contributed by atoms with Crippen LogP contribution in [0.25, 0.3) is 10.8 Å². The molecule has 3 aromatic carbocycles. The van der Waals surface area contributed by atoms with Crippen molar-refractivity contribution >= 4 is 10.8 Å². The van der Waals surface area contributed by atoms with Crippen LogP contribution in [0.4, 0.5) is 0 Å². The van der Waals surface area contributed by atoms with Crippen molar-refractivity contribution in [2.75, 3.05) is 13.1 Å². The number of hydrogen-bond donors (Lipinski definition) is 2. The van der Waals surface area contributed by atoms with Gasteiger partial charge in [-0.05, 0) is 40.9 Å². The first-order valence-corrected chi connectivity index (χ1v) is 7.74. The van der Waals surface area contributed by atoms with Crippen molar-refractivity contribution in [3.05, 3.63) is 83.9 Å². The maximum Gasteiger partial charge on any atom is 0.0914 e. The second-order valence-corrected chi connectivity index (χ2v) is 5.56. The molecule has 3 aromatic rings. The summed E-state index contributed by atoms with van der Waals surface area (Å²) < 4.78 is 0. The summed E-state index contributed by atoms with van der Waals surface area (Å²) in [4.78, 5) is 0. The Bertz CT molecular complexity index is 724. The van der Waals surface area contributed by atoms with Gasteiger partial charge < -0.3 is 10.4 Å². The fraction of sp³-hybridized carbons (Fsp3) is 0.200. The third-order valence-electron chi connectivity index (χ3n) is 3.93. The molecule has 0 bridgehead atoms. The minimum Gasteiger partial charge on any atom is -0.387 e. The molecule has 22 heavy (non-hydrogen) atoms. The van der Waals surface area contributed by atoms with Crippen molar-refractivity contribution in [1.29, 1.82) is 0 Å². The Morgan fingerprint density at radius 2 is 1.55 bits per heavy atom. The number of rotatable bonds is 6. The number of nitrogens with one attached hydrogen (secondary N) is 1. The molecular formula is C20H21NO. The average molecular weight is 291 g/mol. The summed E-state index contributed by atoms with van der Waals surface area (Å²) in [6.45, 7) is 1.44. The summed E-state index contributed by atoms with van der Waals surface area (Å²) >= 11 is 0. The van der Waals surface area contributed by atoms with Gasteiger partial charge in [-0.3, -0.25) is 0 Å². The van der Waals surface area contributed by atoms with Gasteiger partial charge in [0.2, 0.25) is 0 Å². The fourth-order valence-electron chi connectivity index (χ4n) is 2.65. The minimum atomic E-state index is -0.472. The van der Waals surface area contributed by atoms with Crippen molar-refractivity contribution in [3.63, 3.8) is 0 Å². The number of hydrogen-bond acceptors (Lipinski definition) is 2. The normalized spacial score (nSPS) is 12.4. The quantitative estimate of drug-likeness (QED) is 0.679.